The van der Waals surface area contributed by atoms with Gasteiger partial charge in [-0.25, -0.2) is 0 Å². The number of nitrogens with one attached hydrogen (secondary N) is 1. The van der Waals surface area contributed by atoms with Crippen LogP contribution in [0.5, 0.6) is 17.2 Å². The summed E-state index contributed by atoms with van der Waals surface area (Å²) in [5, 5.41) is 12.4. The highest BCUT2D eigenvalue weighted by Gasteiger charge is 2.21. The number of nitriles is 1. The summed E-state index contributed by atoms with van der Waals surface area (Å²) in [6.45, 7) is 5.10. The van der Waals surface area contributed by atoms with Gasteiger partial charge in [-0.05, 0) is 35.4 Å². The first-order valence-corrected chi connectivity index (χ1v) is 10.6. The van der Waals surface area contributed by atoms with Crippen molar-refractivity contribution >= 4 is 5.96 Å². The summed E-state index contributed by atoms with van der Waals surface area (Å²) in [5.74, 6) is 2.85. The van der Waals surface area contributed by atoms with Gasteiger partial charge >= 0.3 is 0 Å². The number of ether oxygens (including phenoxy) is 3. The average molecular weight is 438 g/mol. The van der Waals surface area contributed by atoms with Crippen molar-refractivity contribution < 1.29 is 14.2 Å². The van der Waals surface area contributed by atoms with Crippen LogP contribution in [0.2, 0.25) is 0 Å². The highest BCUT2D eigenvalue weighted by Crippen LogP contribution is 2.38. The lowest BCUT2D eigenvalue weighted by Gasteiger charge is -2.36. The SMILES string of the molecule is CN=C(NCc1ccc(C#N)cc1)N1CCN(Cc2cc(OC)c(OC)c(OC)c2)CC1. The van der Waals surface area contributed by atoms with Crippen molar-refractivity contribution in [2.45, 2.75) is 13.1 Å². The van der Waals surface area contributed by atoms with E-state index in [4.69, 9.17) is 19.5 Å². The van der Waals surface area contributed by atoms with E-state index in [1.54, 1.807) is 21.3 Å². The van der Waals surface area contributed by atoms with E-state index in [1.807, 2.05) is 43.4 Å². The molecular weight excluding hydrogens is 406 g/mol. The van der Waals surface area contributed by atoms with E-state index < -0.39 is 0 Å². The van der Waals surface area contributed by atoms with Gasteiger partial charge in [0, 0.05) is 46.3 Å². The molecule has 1 saturated heterocycles. The first-order chi connectivity index (χ1) is 15.6. The Labute approximate surface area is 190 Å². The molecule has 2 aromatic carbocycles. The molecule has 1 heterocycles. The Morgan fingerprint density at radius 3 is 2.09 bits per heavy atom. The summed E-state index contributed by atoms with van der Waals surface area (Å²) < 4.78 is 16.4. The molecule has 0 unspecified atom stereocenters. The largest absolute Gasteiger partial charge is 0.493 e. The Bertz CT molecular complexity index is 936. The van der Waals surface area contributed by atoms with E-state index in [0.717, 1.165) is 49.8 Å². The predicted molar refractivity (Wildman–Crippen MR) is 124 cm³/mol. The monoisotopic (exact) mass is 437 g/mol. The number of guanidine groups is 1. The lowest BCUT2D eigenvalue weighted by Crippen LogP contribution is -2.52. The minimum Gasteiger partial charge on any atom is -0.493 e. The van der Waals surface area contributed by atoms with Crippen LogP contribution in [0.1, 0.15) is 16.7 Å². The molecule has 0 atom stereocenters. The Balaban J connectivity index is 1.55. The molecule has 0 spiro atoms. The number of benzene rings is 2. The summed E-state index contributed by atoms with van der Waals surface area (Å²) in [6, 6.07) is 13.8. The van der Waals surface area contributed by atoms with E-state index in [2.05, 4.69) is 26.2 Å². The van der Waals surface area contributed by atoms with Gasteiger partial charge in [0.05, 0.1) is 33.0 Å². The zero-order valence-corrected chi connectivity index (χ0v) is 19.2. The van der Waals surface area contributed by atoms with Gasteiger partial charge in [-0.3, -0.25) is 9.89 Å². The summed E-state index contributed by atoms with van der Waals surface area (Å²) >= 11 is 0. The van der Waals surface area contributed by atoms with Gasteiger partial charge in [0.1, 0.15) is 0 Å². The normalized spacial score (nSPS) is 14.6. The van der Waals surface area contributed by atoms with Crippen molar-refractivity contribution in [2.24, 2.45) is 4.99 Å². The molecule has 170 valence electrons. The van der Waals surface area contributed by atoms with Crippen molar-refractivity contribution in [3.8, 4) is 23.3 Å². The molecule has 0 aromatic heterocycles. The van der Waals surface area contributed by atoms with Crippen LogP contribution < -0.4 is 19.5 Å². The van der Waals surface area contributed by atoms with Gasteiger partial charge in [0.15, 0.2) is 17.5 Å². The molecule has 3 rings (SSSR count). The van der Waals surface area contributed by atoms with E-state index in [0.29, 0.717) is 29.4 Å². The van der Waals surface area contributed by atoms with Crippen LogP contribution in [0.3, 0.4) is 0 Å². The van der Waals surface area contributed by atoms with Gasteiger partial charge < -0.3 is 24.4 Å². The fourth-order valence-corrected chi connectivity index (χ4v) is 3.81. The number of aliphatic imine (C=N–C) groups is 1. The third-order valence-electron chi connectivity index (χ3n) is 5.55. The van der Waals surface area contributed by atoms with E-state index in [-0.39, 0.29) is 0 Å². The van der Waals surface area contributed by atoms with Crippen LogP contribution in [0.25, 0.3) is 0 Å². The summed E-state index contributed by atoms with van der Waals surface area (Å²) in [7, 11) is 6.69. The maximum absolute atomic E-state index is 8.93. The summed E-state index contributed by atoms with van der Waals surface area (Å²) in [4.78, 5) is 9.13. The molecule has 0 radical (unpaired) electrons. The quantitative estimate of drug-likeness (QED) is 0.526. The molecule has 8 nitrogen and oxygen atoms in total. The number of nitrogens with zero attached hydrogens (tertiary/aromatic N) is 4. The minimum absolute atomic E-state index is 0.612. The van der Waals surface area contributed by atoms with Crippen molar-refractivity contribution in [3.05, 3.63) is 53.1 Å². The molecule has 1 aliphatic heterocycles. The number of hydrogen-bond acceptors (Lipinski definition) is 6. The Kier molecular flexibility index (Phi) is 8.17. The van der Waals surface area contributed by atoms with Gasteiger partial charge in [0.25, 0.3) is 0 Å². The first kappa shape index (κ1) is 23.2. The minimum atomic E-state index is 0.612. The second kappa shape index (κ2) is 11.3. The highest BCUT2D eigenvalue weighted by atomic mass is 16.5. The third-order valence-corrected chi connectivity index (χ3v) is 5.55. The Morgan fingerprint density at radius 1 is 0.969 bits per heavy atom. The van der Waals surface area contributed by atoms with Gasteiger partial charge in [-0.1, -0.05) is 12.1 Å². The summed E-state index contributed by atoms with van der Waals surface area (Å²) in [6.07, 6.45) is 0. The van der Waals surface area contributed by atoms with Gasteiger partial charge in [0.2, 0.25) is 5.75 Å². The maximum Gasteiger partial charge on any atom is 0.203 e. The molecule has 8 heteroatoms. The number of hydrogen-bond donors (Lipinski definition) is 1. The summed E-state index contributed by atoms with van der Waals surface area (Å²) in [5.41, 5.74) is 2.91. The van der Waals surface area contributed by atoms with E-state index in [1.165, 1.54) is 0 Å². The second-order valence-electron chi connectivity index (χ2n) is 7.51. The number of rotatable bonds is 7. The second-order valence-corrected chi connectivity index (χ2v) is 7.51. The molecule has 1 fully saturated rings. The highest BCUT2D eigenvalue weighted by molar-refractivity contribution is 5.80. The third kappa shape index (κ3) is 5.62. The van der Waals surface area contributed by atoms with Crippen LogP contribution in [0, 0.1) is 11.3 Å². The van der Waals surface area contributed by atoms with E-state index >= 15 is 0 Å². The number of methoxy groups -OCH3 is 3. The zero-order chi connectivity index (χ0) is 22.9. The molecule has 0 aliphatic carbocycles. The van der Waals surface area contributed by atoms with E-state index in [9.17, 15) is 0 Å². The molecule has 1 aliphatic rings. The van der Waals surface area contributed by atoms with Crippen molar-refractivity contribution in [3.63, 3.8) is 0 Å². The standard InChI is InChI=1S/C24H31N5O3/c1-26-24(27-16-19-7-5-18(15-25)6-8-19)29-11-9-28(10-12-29)17-20-13-21(30-2)23(32-4)22(14-20)31-3/h5-8,13-14H,9-12,16-17H2,1-4H3,(H,26,27). The molecule has 0 saturated carbocycles. The lowest BCUT2D eigenvalue weighted by molar-refractivity contribution is 0.172. The topological polar surface area (TPSA) is 82.4 Å². The number of piperazine rings is 1. The average Bonchev–Trinajstić information content (AvgIpc) is 2.85. The smallest absolute Gasteiger partial charge is 0.203 e. The maximum atomic E-state index is 8.93. The van der Waals surface area contributed by atoms with Crippen LogP contribution in [-0.2, 0) is 13.1 Å². The first-order valence-electron chi connectivity index (χ1n) is 10.6. The van der Waals surface area contributed by atoms with Crippen molar-refractivity contribution in [1.82, 2.24) is 15.1 Å². The molecule has 0 amide bonds. The fourth-order valence-electron chi connectivity index (χ4n) is 3.81. The van der Waals surface area contributed by atoms with Gasteiger partial charge in [-0.2, -0.15) is 5.26 Å². The lowest BCUT2D eigenvalue weighted by atomic mass is 10.1. The molecule has 32 heavy (non-hydrogen) atoms. The predicted octanol–water partition coefficient (Wildman–Crippen LogP) is 2.48. The molecular formula is C24H31N5O3. The Morgan fingerprint density at radius 2 is 1.59 bits per heavy atom. The Hall–Kier alpha value is -3.44. The van der Waals surface area contributed by atoms with Crippen molar-refractivity contribution in [2.75, 3.05) is 54.6 Å². The zero-order valence-electron chi connectivity index (χ0n) is 19.2. The van der Waals surface area contributed by atoms with Crippen molar-refractivity contribution in [1.29, 1.82) is 5.26 Å². The van der Waals surface area contributed by atoms with Gasteiger partial charge in [-0.15, -0.1) is 0 Å². The molecule has 1 N–H and O–H groups in total. The molecule has 2 aromatic rings. The molecule has 0 bridgehead atoms. The van der Waals surface area contributed by atoms with Crippen LogP contribution in [0.4, 0.5) is 0 Å². The fraction of sp³-hybridized carbons (Fsp3) is 0.417. The van der Waals surface area contributed by atoms with Crippen LogP contribution >= 0.6 is 0 Å². The van der Waals surface area contributed by atoms with Crippen LogP contribution in [-0.4, -0.2) is 70.3 Å². The van der Waals surface area contributed by atoms with Crippen LogP contribution in [0.15, 0.2) is 41.4 Å².